The van der Waals surface area contributed by atoms with Gasteiger partial charge in [-0.15, -0.1) is 12.6 Å². The van der Waals surface area contributed by atoms with Crippen molar-refractivity contribution < 1.29 is 0 Å². The third-order valence-electron chi connectivity index (χ3n) is 2.52. The lowest BCUT2D eigenvalue weighted by molar-refractivity contribution is 1.23. The Bertz CT molecular complexity index is 568. The van der Waals surface area contributed by atoms with E-state index in [-0.39, 0.29) is 0 Å². The first-order valence-corrected chi connectivity index (χ1v) is 7.96. The summed E-state index contributed by atoms with van der Waals surface area (Å²) in [5.74, 6) is 0. The lowest BCUT2D eigenvalue weighted by Gasteiger charge is -2.15. The Morgan fingerprint density at radius 3 is 2.11 bits per heavy atom. The molecule has 0 saturated heterocycles. The third kappa shape index (κ3) is 3.07. The third-order valence-corrected chi connectivity index (χ3v) is 4.54. The summed E-state index contributed by atoms with van der Waals surface area (Å²) in [6.07, 6.45) is 0. The zero-order chi connectivity index (χ0) is 13.3. The van der Waals surface area contributed by atoms with Crippen molar-refractivity contribution in [2.75, 3.05) is 0 Å². The molecule has 2 rings (SSSR count). The van der Waals surface area contributed by atoms with E-state index in [9.17, 15) is 0 Å². The summed E-state index contributed by atoms with van der Waals surface area (Å²) in [6.45, 7) is 0. The predicted molar refractivity (Wildman–Crippen MR) is 89.0 cm³/mol. The van der Waals surface area contributed by atoms with Crippen LogP contribution in [0.15, 0.2) is 50.2 Å². The lowest BCUT2D eigenvalue weighted by Crippen LogP contribution is -1.92. The minimum absolute atomic E-state index is 0.617. The van der Waals surface area contributed by atoms with Crippen molar-refractivity contribution in [2.45, 2.75) is 9.73 Å². The van der Waals surface area contributed by atoms with Crippen molar-refractivity contribution in [3.63, 3.8) is 0 Å². The van der Waals surface area contributed by atoms with Gasteiger partial charge in [0.05, 0.1) is 0 Å². The molecule has 0 radical (unpaired) electrons. The highest BCUT2D eigenvalue weighted by atomic mass is 79.9. The molecule has 0 saturated carbocycles. The highest BCUT2D eigenvalue weighted by Gasteiger charge is 2.17. The topological polar surface area (TPSA) is 0 Å². The van der Waals surface area contributed by atoms with Crippen LogP contribution in [0.2, 0.25) is 0 Å². The molecular weight excluding hydrogens is 419 g/mol. The maximum atomic E-state index is 6.05. The molecule has 0 aromatic heterocycles. The molecule has 0 N–H and O–H groups in total. The average molecular weight is 427 g/mol. The monoisotopic (exact) mass is 424 g/mol. The molecule has 0 unspecified atom stereocenters. The minimum atomic E-state index is -0.617. The fourth-order valence-electron chi connectivity index (χ4n) is 1.71. The highest BCUT2D eigenvalue weighted by Crippen LogP contribution is 2.42. The van der Waals surface area contributed by atoms with Gasteiger partial charge in [-0.3, -0.25) is 0 Å². The molecule has 0 aliphatic carbocycles. The van der Waals surface area contributed by atoms with Crippen LogP contribution in [0, 0.1) is 0 Å². The van der Waals surface area contributed by atoms with Crippen molar-refractivity contribution in [3.8, 4) is 11.1 Å². The SMILES string of the molecule is Sc1ccc(Br)c(-c2ccc(Br)cc2)c1C(Cl)Cl. The summed E-state index contributed by atoms with van der Waals surface area (Å²) >= 11 is 23.5. The zero-order valence-electron chi connectivity index (χ0n) is 9.00. The average Bonchev–Trinajstić information content (AvgIpc) is 2.32. The van der Waals surface area contributed by atoms with E-state index in [0.29, 0.717) is 0 Å². The Kier molecular flexibility index (Phi) is 5.06. The fourth-order valence-corrected chi connectivity index (χ4v) is 3.47. The van der Waals surface area contributed by atoms with Crippen molar-refractivity contribution in [3.05, 3.63) is 50.9 Å². The maximum Gasteiger partial charge on any atom is 0.134 e. The predicted octanol–water partition coefficient (Wildman–Crippen LogP) is 6.64. The van der Waals surface area contributed by atoms with Crippen LogP contribution in [-0.2, 0) is 0 Å². The van der Waals surface area contributed by atoms with Gasteiger partial charge in [0.1, 0.15) is 4.84 Å². The van der Waals surface area contributed by atoms with E-state index < -0.39 is 4.84 Å². The molecule has 5 heteroatoms. The molecular formula is C13H8Br2Cl2S. The Balaban J connectivity index is 2.69. The van der Waals surface area contributed by atoms with Gasteiger partial charge in [0.2, 0.25) is 0 Å². The number of alkyl halides is 2. The van der Waals surface area contributed by atoms with Crippen LogP contribution >= 0.6 is 67.7 Å². The normalized spacial score (nSPS) is 11.0. The molecule has 0 atom stereocenters. The summed E-state index contributed by atoms with van der Waals surface area (Å²) in [4.78, 5) is 0.166. The van der Waals surface area contributed by atoms with Crippen molar-refractivity contribution in [1.29, 1.82) is 0 Å². The van der Waals surface area contributed by atoms with Gasteiger partial charge in [-0.2, -0.15) is 0 Å². The Morgan fingerprint density at radius 2 is 1.56 bits per heavy atom. The lowest BCUT2D eigenvalue weighted by atomic mass is 10.0. The van der Waals surface area contributed by atoms with E-state index in [1.54, 1.807) is 0 Å². The summed E-state index contributed by atoms with van der Waals surface area (Å²) in [5.41, 5.74) is 2.84. The molecule has 0 aliphatic heterocycles. The fraction of sp³-hybridized carbons (Fsp3) is 0.0769. The van der Waals surface area contributed by atoms with E-state index in [1.165, 1.54) is 0 Å². The van der Waals surface area contributed by atoms with Crippen molar-refractivity contribution in [2.24, 2.45) is 0 Å². The van der Waals surface area contributed by atoms with Gasteiger partial charge in [0, 0.05) is 25.0 Å². The van der Waals surface area contributed by atoms with Crippen LogP contribution in [0.4, 0.5) is 0 Å². The summed E-state index contributed by atoms with van der Waals surface area (Å²) < 4.78 is 1.98. The van der Waals surface area contributed by atoms with Gasteiger partial charge >= 0.3 is 0 Å². The van der Waals surface area contributed by atoms with Gasteiger partial charge in [0.25, 0.3) is 0 Å². The molecule has 0 aliphatic rings. The molecule has 0 bridgehead atoms. The quantitative estimate of drug-likeness (QED) is 0.403. The number of hydrogen-bond acceptors (Lipinski definition) is 1. The van der Waals surface area contributed by atoms with Gasteiger partial charge in [-0.1, -0.05) is 67.2 Å². The van der Waals surface area contributed by atoms with Crippen LogP contribution in [0.3, 0.4) is 0 Å². The van der Waals surface area contributed by atoms with Crippen LogP contribution in [-0.4, -0.2) is 0 Å². The van der Waals surface area contributed by atoms with Crippen LogP contribution < -0.4 is 0 Å². The van der Waals surface area contributed by atoms with Gasteiger partial charge in [-0.25, -0.2) is 0 Å². The standard InChI is InChI=1S/C13H8Br2Cl2S/c14-8-3-1-7(2-4-8)11-9(15)5-6-10(18)12(11)13(16)17/h1-6,13,18H. The summed E-state index contributed by atoms with van der Waals surface area (Å²) in [7, 11) is 0. The molecule has 0 amide bonds. The van der Waals surface area contributed by atoms with E-state index in [4.69, 9.17) is 23.2 Å². The summed E-state index contributed by atoms with van der Waals surface area (Å²) in [5, 5.41) is 0. The Labute approximate surface area is 138 Å². The number of hydrogen-bond donors (Lipinski definition) is 1. The van der Waals surface area contributed by atoms with E-state index in [2.05, 4.69) is 44.5 Å². The first kappa shape index (κ1) is 14.7. The molecule has 0 fully saturated rings. The second-order valence-electron chi connectivity index (χ2n) is 3.66. The molecule has 0 nitrogen and oxygen atoms in total. The van der Waals surface area contributed by atoms with Crippen LogP contribution in [0.1, 0.15) is 10.4 Å². The van der Waals surface area contributed by atoms with E-state index >= 15 is 0 Å². The Hall–Kier alpha value is 0.330. The number of benzene rings is 2. The molecule has 2 aromatic carbocycles. The largest absolute Gasteiger partial charge is 0.143 e. The van der Waals surface area contributed by atoms with Crippen molar-refractivity contribution in [1.82, 2.24) is 0 Å². The Morgan fingerprint density at radius 1 is 0.944 bits per heavy atom. The van der Waals surface area contributed by atoms with E-state index in [1.807, 2.05) is 36.4 Å². The minimum Gasteiger partial charge on any atom is -0.143 e. The second kappa shape index (κ2) is 6.19. The van der Waals surface area contributed by atoms with Gasteiger partial charge in [0.15, 0.2) is 0 Å². The van der Waals surface area contributed by atoms with Crippen LogP contribution in [0.25, 0.3) is 11.1 Å². The number of halogens is 4. The molecule has 94 valence electrons. The van der Waals surface area contributed by atoms with Crippen molar-refractivity contribution >= 4 is 67.7 Å². The van der Waals surface area contributed by atoms with E-state index in [0.717, 1.165) is 30.5 Å². The molecule has 2 aromatic rings. The summed E-state index contributed by atoms with van der Waals surface area (Å²) in [6, 6.07) is 11.8. The number of rotatable bonds is 2. The first-order valence-electron chi connectivity index (χ1n) is 5.06. The first-order chi connectivity index (χ1) is 8.50. The zero-order valence-corrected chi connectivity index (χ0v) is 14.6. The molecule has 0 heterocycles. The molecule has 18 heavy (non-hydrogen) atoms. The van der Waals surface area contributed by atoms with Crippen LogP contribution in [0.5, 0.6) is 0 Å². The molecule has 0 spiro atoms. The second-order valence-corrected chi connectivity index (χ2v) is 7.01. The van der Waals surface area contributed by atoms with Gasteiger partial charge in [-0.05, 0) is 29.8 Å². The van der Waals surface area contributed by atoms with Gasteiger partial charge < -0.3 is 0 Å². The smallest absolute Gasteiger partial charge is 0.134 e. The number of thiol groups is 1. The highest BCUT2D eigenvalue weighted by molar-refractivity contribution is 9.10. The maximum absolute atomic E-state index is 6.05.